The molecule has 5 rings (SSSR count). The second-order valence-corrected chi connectivity index (χ2v) is 11.2. The molecule has 18 heteroatoms. The number of benzene rings is 2. The third-order valence-electron chi connectivity index (χ3n) is 7.73. The van der Waals surface area contributed by atoms with Gasteiger partial charge in [0.05, 0.1) is 6.10 Å². The zero-order chi connectivity index (χ0) is 35.0. The van der Waals surface area contributed by atoms with Gasteiger partial charge in [0.15, 0.2) is 18.2 Å². The maximum atomic E-state index is 13.9. The molecule has 18 nitrogen and oxygen atoms in total. The molecule has 1 aromatic heterocycles. The van der Waals surface area contributed by atoms with Gasteiger partial charge < -0.3 is 74.1 Å². The van der Waals surface area contributed by atoms with Crippen molar-refractivity contribution >= 4 is 22.9 Å². The molecule has 10 unspecified atom stereocenters. The summed E-state index contributed by atoms with van der Waals surface area (Å²) in [5, 5.41) is 91.7. The number of carboxylic acid groups (broad SMARTS) is 1. The maximum absolute atomic E-state index is 13.9. The number of ether oxygens (including phenoxy) is 5. The first-order chi connectivity index (χ1) is 22.7. The van der Waals surface area contributed by atoms with Gasteiger partial charge in [-0.3, -0.25) is 14.4 Å². The van der Waals surface area contributed by atoms with Gasteiger partial charge in [-0.15, -0.1) is 0 Å². The molecule has 2 aliphatic heterocycles. The third-order valence-corrected chi connectivity index (χ3v) is 7.73. The van der Waals surface area contributed by atoms with Crippen LogP contribution in [0, 0.1) is 0 Å². The summed E-state index contributed by atoms with van der Waals surface area (Å²) in [6, 6.07) is 7.05. The Balaban J connectivity index is 1.58. The van der Waals surface area contributed by atoms with Crippen LogP contribution in [0.4, 0.5) is 0 Å². The van der Waals surface area contributed by atoms with Gasteiger partial charge in [0.25, 0.3) is 0 Å². The van der Waals surface area contributed by atoms with Crippen LogP contribution in [-0.4, -0.2) is 126 Å². The Bertz CT molecular complexity index is 1700. The Labute approximate surface area is 269 Å². The van der Waals surface area contributed by atoms with E-state index in [9.17, 15) is 55.2 Å². The largest absolute Gasteiger partial charge is 0.508 e. The van der Waals surface area contributed by atoms with Crippen LogP contribution in [0.2, 0.25) is 0 Å². The van der Waals surface area contributed by atoms with Crippen LogP contribution in [0.5, 0.6) is 23.0 Å². The van der Waals surface area contributed by atoms with Crippen molar-refractivity contribution in [3.8, 4) is 34.3 Å². The number of phenols is 3. The lowest BCUT2D eigenvalue weighted by atomic mass is 9.97. The molecule has 0 aliphatic carbocycles. The van der Waals surface area contributed by atoms with Crippen LogP contribution in [0.25, 0.3) is 22.3 Å². The SMILES string of the molecule is CC1OC(OC2C(Oc3c(-c4ccc(O)cc4)oc4cc(O)cc(O)c4c3=O)OC(COC(=O)CC(=O)O)C(O)C2O)C(O)C(O)C1O. The first kappa shape index (κ1) is 34.8. The van der Waals surface area contributed by atoms with E-state index >= 15 is 0 Å². The van der Waals surface area contributed by atoms with Crippen LogP contribution in [0.1, 0.15) is 13.3 Å². The summed E-state index contributed by atoms with van der Waals surface area (Å²) < 4.78 is 33.6. The minimum Gasteiger partial charge on any atom is -0.508 e. The van der Waals surface area contributed by atoms with Crippen LogP contribution >= 0.6 is 0 Å². The lowest BCUT2D eigenvalue weighted by Crippen LogP contribution is -2.64. The second-order valence-electron chi connectivity index (χ2n) is 11.2. The van der Waals surface area contributed by atoms with E-state index in [1.807, 2.05) is 0 Å². The molecule has 260 valence electrons. The number of carbonyl (C=O) groups is 2. The first-order valence-corrected chi connectivity index (χ1v) is 14.4. The monoisotopic (exact) mass is 680 g/mol. The fourth-order valence-electron chi connectivity index (χ4n) is 5.21. The zero-order valence-corrected chi connectivity index (χ0v) is 24.9. The standard InChI is InChI=1S/C30H32O18/c1-10-20(37)23(40)25(42)29(44-10)48-28-24(41)21(38)16(9-43-18(36)8-17(34)35)46-30(28)47-27-22(39)19-14(33)6-13(32)7-15(19)45-26(27)11-2-4-12(31)5-3-11/h2-7,10,16,20-21,23-25,28-33,37-38,40-42H,8-9H2,1H3,(H,34,35). The van der Waals surface area contributed by atoms with E-state index in [1.165, 1.54) is 31.2 Å². The molecule has 3 aromatic rings. The lowest BCUT2D eigenvalue weighted by Gasteiger charge is -2.45. The van der Waals surface area contributed by atoms with Crippen molar-refractivity contribution in [1.82, 2.24) is 0 Å². The zero-order valence-electron chi connectivity index (χ0n) is 24.9. The minimum absolute atomic E-state index is 0.120. The Hall–Kier alpha value is -4.53. The van der Waals surface area contributed by atoms with Crippen molar-refractivity contribution in [1.29, 1.82) is 0 Å². The average Bonchev–Trinajstić information content (AvgIpc) is 3.02. The Morgan fingerprint density at radius 2 is 1.52 bits per heavy atom. The highest BCUT2D eigenvalue weighted by Gasteiger charge is 2.51. The molecule has 48 heavy (non-hydrogen) atoms. The molecule has 2 saturated heterocycles. The predicted octanol–water partition coefficient (Wildman–Crippen LogP) is -1.37. The summed E-state index contributed by atoms with van der Waals surface area (Å²) in [6.07, 6.45) is -18.6. The number of rotatable bonds is 9. The Morgan fingerprint density at radius 1 is 0.833 bits per heavy atom. The number of carbonyl (C=O) groups excluding carboxylic acids is 1. The maximum Gasteiger partial charge on any atom is 0.317 e. The van der Waals surface area contributed by atoms with Gasteiger partial charge in [-0.2, -0.15) is 0 Å². The Kier molecular flexibility index (Phi) is 10.1. The molecule has 0 bridgehead atoms. The van der Waals surface area contributed by atoms with Crippen molar-refractivity contribution in [3.63, 3.8) is 0 Å². The molecule has 2 fully saturated rings. The number of hydrogen-bond donors (Lipinski definition) is 9. The van der Waals surface area contributed by atoms with Crippen molar-refractivity contribution in [3.05, 3.63) is 46.6 Å². The summed E-state index contributed by atoms with van der Waals surface area (Å²) in [6.45, 7) is 0.529. The topological polar surface area (TPSA) is 293 Å². The number of esters is 1. The number of aromatic hydroxyl groups is 3. The average molecular weight is 681 g/mol. The fraction of sp³-hybridized carbons (Fsp3) is 0.433. The third kappa shape index (κ3) is 7.00. The minimum atomic E-state index is -2.03. The van der Waals surface area contributed by atoms with Crippen LogP contribution in [0.3, 0.4) is 0 Å². The molecule has 0 saturated carbocycles. The van der Waals surface area contributed by atoms with Crippen LogP contribution in [-0.2, 0) is 28.5 Å². The van der Waals surface area contributed by atoms with E-state index in [4.69, 9.17) is 33.2 Å². The van der Waals surface area contributed by atoms with E-state index in [-0.39, 0.29) is 22.7 Å². The van der Waals surface area contributed by atoms with E-state index < -0.39 is 114 Å². The van der Waals surface area contributed by atoms with E-state index in [0.717, 1.165) is 12.1 Å². The van der Waals surface area contributed by atoms with Gasteiger partial charge in [-0.25, -0.2) is 0 Å². The molecule has 2 aromatic carbocycles. The molecule has 0 amide bonds. The molecular weight excluding hydrogens is 648 g/mol. The number of aliphatic carboxylic acids is 1. The molecule has 9 N–H and O–H groups in total. The van der Waals surface area contributed by atoms with Crippen LogP contribution in [0.15, 0.2) is 45.6 Å². The van der Waals surface area contributed by atoms with Crippen molar-refractivity contribution in [2.75, 3.05) is 6.61 Å². The normalized spacial score (nSPS) is 30.5. The molecule has 3 heterocycles. The van der Waals surface area contributed by atoms with Gasteiger partial charge in [0.1, 0.15) is 77.9 Å². The fourth-order valence-corrected chi connectivity index (χ4v) is 5.21. The number of aliphatic hydroxyl groups excluding tert-OH is 5. The Morgan fingerprint density at radius 3 is 2.19 bits per heavy atom. The van der Waals surface area contributed by atoms with Gasteiger partial charge >= 0.3 is 11.9 Å². The molecule has 0 radical (unpaired) electrons. The second kappa shape index (κ2) is 13.9. The summed E-state index contributed by atoms with van der Waals surface area (Å²) in [7, 11) is 0. The van der Waals surface area contributed by atoms with Crippen molar-refractivity contribution in [2.24, 2.45) is 0 Å². The lowest BCUT2D eigenvalue weighted by molar-refractivity contribution is -0.354. The van der Waals surface area contributed by atoms with E-state index in [0.29, 0.717) is 0 Å². The smallest absolute Gasteiger partial charge is 0.317 e. The highest BCUT2D eigenvalue weighted by atomic mass is 16.8. The van der Waals surface area contributed by atoms with Crippen LogP contribution < -0.4 is 10.2 Å². The van der Waals surface area contributed by atoms with Gasteiger partial charge in [0, 0.05) is 17.7 Å². The van der Waals surface area contributed by atoms with Gasteiger partial charge in [-0.1, -0.05) is 0 Å². The molecule has 10 atom stereocenters. The summed E-state index contributed by atoms with van der Waals surface area (Å²) >= 11 is 0. The first-order valence-electron chi connectivity index (χ1n) is 14.4. The summed E-state index contributed by atoms with van der Waals surface area (Å²) in [5.74, 6) is -5.08. The molecule has 2 aliphatic rings. The number of hydrogen-bond acceptors (Lipinski definition) is 17. The summed E-state index contributed by atoms with van der Waals surface area (Å²) in [5.41, 5.74) is -1.20. The number of aliphatic hydroxyl groups is 5. The molecular formula is C30H32O18. The number of phenolic OH excluding ortho intramolecular Hbond substituents is 3. The predicted molar refractivity (Wildman–Crippen MR) is 155 cm³/mol. The van der Waals surface area contributed by atoms with E-state index in [1.54, 1.807) is 0 Å². The summed E-state index contributed by atoms with van der Waals surface area (Å²) in [4.78, 5) is 36.7. The highest BCUT2D eigenvalue weighted by Crippen LogP contribution is 2.38. The molecule has 0 spiro atoms. The van der Waals surface area contributed by atoms with Gasteiger partial charge in [-0.05, 0) is 31.2 Å². The quantitative estimate of drug-likeness (QED) is 0.0930. The number of fused-ring (bicyclic) bond motifs is 1. The van der Waals surface area contributed by atoms with Gasteiger partial charge in [0.2, 0.25) is 17.5 Å². The number of carboxylic acids is 1. The highest BCUT2D eigenvalue weighted by molar-refractivity contribution is 5.90. The van der Waals surface area contributed by atoms with Crippen molar-refractivity contribution < 1.29 is 83.6 Å². The van der Waals surface area contributed by atoms with Crippen molar-refractivity contribution in [2.45, 2.75) is 74.8 Å². The van der Waals surface area contributed by atoms with E-state index in [2.05, 4.69) is 0 Å².